The van der Waals surface area contributed by atoms with Gasteiger partial charge in [-0.05, 0) is 32.3 Å². The van der Waals surface area contributed by atoms with Crippen molar-refractivity contribution < 1.29 is 14.6 Å². The first kappa shape index (κ1) is 14.9. The topological polar surface area (TPSA) is 65.9 Å². The van der Waals surface area contributed by atoms with Gasteiger partial charge >= 0.3 is 0 Å². The first-order valence-electron chi connectivity index (χ1n) is 8.44. The molecule has 4 rings (SSSR count). The normalized spacial score (nSPS) is 28.1. The minimum absolute atomic E-state index is 0.131. The molecule has 0 spiro atoms. The Morgan fingerprint density at radius 2 is 2.30 bits per heavy atom. The number of carbonyl (C=O) groups is 1. The highest BCUT2D eigenvalue weighted by Gasteiger charge is 2.51. The number of rotatable bonds is 3. The summed E-state index contributed by atoms with van der Waals surface area (Å²) in [4.78, 5) is 21.3. The highest BCUT2D eigenvalue weighted by molar-refractivity contribution is 5.88. The number of aliphatic hydroxyl groups is 1. The molecule has 0 bridgehead atoms. The maximum absolute atomic E-state index is 12.6. The fourth-order valence-corrected chi connectivity index (χ4v) is 3.78. The van der Waals surface area contributed by atoms with Crippen molar-refractivity contribution in [2.24, 2.45) is 0 Å². The Kier molecular flexibility index (Phi) is 3.54. The molecule has 0 radical (unpaired) electrons. The summed E-state index contributed by atoms with van der Waals surface area (Å²) in [6.07, 6.45) is 4.04. The predicted octanol–water partition coefficient (Wildman–Crippen LogP) is 0.932. The van der Waals surface area contributed by atoms with Crippen LogP contribution in [0.25, 0.3) is 0 Å². The zero-order valence-electron chi connectivity index (χ0n) is 13.4. The van der Waals surface area contributed by atoms with Crippen molar-refractivity contribution in [1.82, 2.24) is 9.88 Å². The molecule has 1 aliphatic carbocycles. The van der Waals surface area contributed by atoms with Gasteiger partial charge in [-0.15, -0.1) is 0 Å². The van der Waals surface area contributed by atoms with Crippen LogP contribution in [0.15, 0.2) is 18.3 Å². The predicted molar refractivity (Wildman–Crippen MR) is 85.0 cm³/mol. The number of aromatic nitrogens is 1. The highest BCUT2D eigenvalue weighted by Crippen LogP contribution is 2.39. The number of fused-ring (bicyclic) bond motifs is 3. The summed E-state index contributed by atoms with van der Waals surface area (Å²) in [5.41, 5.74) is -0.0695. The number of carbonyl (C=O) groups excluding carboxylic acids is 1. The third-order valence-electron chi connectivity index (χ3n) is 5.12. The molecule has 1 saturated carbocycles. The lowest BCUT2D eigenvalue weighted by Gasteiger charge is -2.27. The summed E-state index contributed by atoms with van der Waals surface area (Å²) in [5.74, 6) is 0.826. The second kappa shape index (κ2) is 5.46. The zero-order valence-corrected chi connectivity index (χ0v) is 13.4. The monoisotopic (exact) mass is 317 g/mol. The van der Waals surface area contributed by atoms with E-state index in [0.29, 0.717) is 32.5 Å². The molecule has 3 heterocycles. The van der Waals surface area contributed by atoms with Gasteiger partial charge in [-0.2, -0.15) is 0 Å². The largest absolute Gasteiger partial charge is 0.380 e. The van der Waals surface area contributed by atoms with Crippen molar-refractivity contribution in [3.05, 3.63) is 23.9 Å². The molecule has 124 valence electrons. The van der Waals surface area contributed by atoms with E-state index in [-0.39, 0.29) is 18.1 Å². The van der Waals surface area contributed by atoms with Crippen LogP contribution in [0, 0.1) is 0 Å². The second-order valence-electron chi connectivity index (χ2n) is 6.82. The molecule has 0 aromatic carbocycles. The molecule has 1 N–H and O–H groups in total. The molecule has 1 amide bonds. The summed E-state index contributed by atoms with van der Waals surface area (Å²) in [7, 11) is 0. The van der Waals surface area contributed by atoms with Gasteiger partial charge in [0.15, 0.2) is 0 Å². The molecule has 2 fully saturated rings. The van der Waals surface area contributed by atoms with Crippen LogP contribution in [-0.2, 0) is 16.1 Å². The number of hydrogen-bond donors (Lipinski definition) is 1. The van der Waals surface area contributed by atoms with Crippen LogP contribution in [0.5, 0.6) is 0 Å². The first-order chi connectivity index (χ1) is 11.1. The second-order valence-corrected chi connectivity index (χ2v) is 6.82. The molecular formula is C17H23N3O3. The Bertz CT molecular complexity index is 617. The van der Waals surface area contributed by atoms with Crippen LogP contribution < -0.4 is 4.90 Å². The van der Waals surface area contributed by atoms with Crippen LogP contribution in [0.2, 0.25) is 0 Å². The number of amides is 1. The van der Waals surface area contributed by atoms with Gasteiger partial charge in [-0.3, -0.25) is 4.79 Å². The molecule has 0 unspecified atom stereocenters. The lowest BCUT2D eigenvalue weighted by molar-refractivity contribution is -0.143. The van der Waals surface area contributed by atoms with Crippen molar-refractivity contribution in [3.63, 3.8) is 0 Å². The van der Waals surface area contributed by atoms with Crippen molar-refractivity contribution in [2.75, 3.05) is 24.6 Å². The number of hydrogen-bond acceptors (Lipinski definition) is 5. The number of ether oxygens (including phenoxy) is 1. The van der Waals surface area contributed by atoms with E-state index >= 15 is 0 Å². The summed E-state index contributed by atoms with van der Waals surface area (Å²) in [6, 6.07) is 4.13. The number of nitrogens with zero attached hydrogens (tertiary/aromatic N) is 3. The molecule has 1 aromatic heterocycles. The third-order valence-corrected chi connectivity index (χ3v) is 5.12. The summed E-state index contributed by atoms with van der Waals surface area (Å²) < 4.78 is 5.80. The molecule has 1 aromatic rings. The molecule has 23 heavy (non-hydrogen) atoms. The van der Waals surface area contributed by atoms with Gasteiger partial charge in [0.05, 0.1) is 12.1 Å². The number of pyridine rings is 1. The van der Waals surface area contributed by atoms with Gasteiger partial charge in [0, 0.05) is 38.0 Å². The van der Waals surface area contributed by atoms with Gasteiger partial charge < -0.3 is 19.6 Å². The quantitative estimate of drug-likeness (QED) is 0.898. The Balaban J connectivity index is 1.64. The van der Waals surface area contributed by atoms with E-state index in [1.54, 1.807) is 6.20 Å². The molecule has 1 saturated heterocycles. The average Bonchev–Trinajstić information content (AvgIpc) is 3.21. The summed E-state index contributed by atoms with van der Waals surface area (Å²) in [5, 5.41) is 10.2. The summed E-state index contributed by atoms with van der Waals surface area (Å²) >= 11 is 0. The minimum atomic E-state index is -1.12. The fraction of sp³-hybridized carbons (Fsp3) is 0.647. The third kappa shape index (κ3) is 2.60. The molecule has 3 aliphatic rings. The van der Waals surface area contributed by atoms with Crippen LogP contribution in [0.1, 0.15) is 31.7 Å². The lowest BCUT2D eigenvalue weighted by atomic mass is 10.1. The van der Waals surface area contributed by atoms with E-state index in [1.807, 2.05) is 24.0 Å². The van der Waals surface area contributed by atoms with E-state index in [9.17, 15) is 9.90 Å². The van der Waals surface area contributed by atoms with Gasteiger partial charge in [-0.25, -0.2) is 4.98 Å². The Morgan fingerprint density at radius 1 is 1.48 bits per heavy atom. The van der Waals surface area contributed by atoms with E-state index in [4.69, 9.17) is 4.74 Å². The summed E-state index contributed by atoms with van der Waals surface area (Å²) in [6.45, 7) is 4.67. The first-order valence-corrected chi connectivity index (χ1v) is 8.44. The van der Waals surface area contributed by atoms with Gasteiger partial charge in [0.2, 0.25) is 0 Å². The van der Waals surface area contributed by atoms with Crippen molar-refractivity contribution in [2.45, 2.75) is 50.5 Å². The molecule has 2 aliphatic heterocycles. The average molecular weight is 317 g/mol. The maximum atomic E-state index is 12.6. The van der Waals surface area contributed by atoms with E-state index in [2.05, 4.69) is 9.88 Å². The standard InChI is InChI=1S/C17H23N3O3/c1-2-23-14-8-13-10-19(16(21)17(22)5-6-17)9-12-4-3-7-18-15(12)20(13)11-14/h3-4,7,13-14,22H,2,5-6,8-11H2,1H3/t13-,14-/m1/s1. The lowest BCUT2D eigenvalue weighted by Crippen LogP contribution is -2.45. The molecule has 2 atom stereocenters. The molecule has 6 heteroatoms. The van der Waals surface area contributed by atoms with Crippen molar-refractivity contribution in [3.8, 4) is 0 Å². The molecular weight excluding hydrogens is 294 g/mol. The zero-order chi connectivity index (χ0) is 16.0. The van der Waals surface area contributed by atoms with E-state index < -0.39 is 5.60 Å². The minimum Gasteiger partial charge on any atom is -0.380 e. The Morgan fingerprint density at radius 3 is 3.04 bits per heavy atom. The number of anilines is 1. The smallest absolute Gasteiger partial charge is 0.254 e. The van der Waals surface area contributed by atoms with Crippen LogP contribution >= 0.6 is 0 Å². The highest BCUT2D eigenvalue weighted by atomic mass is 16.5. The van der Waals surface area contributed by atoms with Gasteiger partial charge in [0.25, 0.3) is 5.91 Å². The van der Waals surface area contributed by atoms with Crippen LogP contribution in [0.3, 0.4) is 0 Å². The Labute approximate surface area is 136 Å². The van der Waals surface area contributed by atoms with Crippen molar-refractivity contribution >= 4 is 11.7 Å². The van der Waals surface area contributed by atoms with E-state index in [1.165, 1.54) is 0 Å². The van der Waals surface area contributed by atoms with Crippen molar-refractivity contribution in [1.29, 1.82) is 0 Å². The Hall–Kier alpha value is -1.66. The fourth-order valence-electron chi connectivity index (χ4n) is 3.78. The van der Waals surface area contributed by atoms with E-state index in [0.717, 1.165) is 24.3 Å². The van der Waals surface area contributed by atoms with Gasteiger partial charge in [-0.1, -0.05) is 6.07 Å². The van der Waals surface area contributed by atoms with Gasteiger partial charge in [0.1, 0.15) is 11.4 Å². The van der Waals surface area contributed by atoms with Crippen LogP contribution in [-0.4, -0.2) is 58.3 Å². The molecule has 6 nitrogen and oxygen atoms in total. The van der Waals surface area contributed by atoms with Crippen LogP contribution in [0.4, 0.5) is 5.82 Å². The SMILES string of the molecule is CCO[C@@H]1C[C@@H]2CN(C(=O)C3(O)CC3)Cc3cccnc3N2C1. The maximum Gasteiger partial charge on any atom is 0.254 e.